The van der Waals surface area contributed by atoms with E-state index >= 15 is 0 Å². The van der Waals surface area contributed by atoms with E-state index in [4.69, 9.17) is 16.7 Å². The van der Waals surface area contributed by atoms with Crippen LogP contribution in [0.5, 0.6) is 0 Å². The molecule has 0 amide bonds. The molecule has 0 spiro atoms. The van der Waals surface area contributed by atoms with Crippen molar-refractivity contribution in [3.05, 3.63) is 21.6 Å². The van der Waals surface area contributed by atoms with Crippen LogP contribution in [-0.2, 0) is 7.05 Å². The van der Waals surface area contributed by atoms with E-state index in [1.807, 2.05) is 4.90 Å². The van der Waals surface area contributed by atoms with Gasteiger partial charge in [0.1, 0.15) is 5.02 Å². The summed E-state index contributed by atoms with van der Waals surface area (Å²) < 4.78 is 1.21. The number of anilines is 1. The van der Waals surface area contributed by atoms with Crippen molar-refractivity contribution in [3.8, 4) is 0 Å². The second-order valence-electron chi connectivity index (χ2n) is 4.27. The van der Waals surface area contributed by atoms with Crippen LogP contribution < -0.4 is 10.5 Å². The third-order valence-corrected chi connectivity index (χ3v) is 3.58. The van der Waals surface area contributed by atoms with Gasteiger partial charge < -0.3 is 10.0 Å². The molecule has 0 radical (unpaired) electrons. The van der Waals surface area contributed by atoms with E-state index in [-0.39, 0.29) is 17.2 Å². The summed E-state index contributed by atoms with van der Waals surface area (Å²) in [5.74, 6) is 0. The van der Waals surface area contributed by atoms with Crippen molar-refractivity contribution in [1.82, 2.24) is 9.78 Å². The molecule has 1 heterocycles. The minimum absolute atomic E-state index is 0.0437. The van der Waals surface area contributed by atoms with Crippen LogP contribution in [-0.4, -0.2) is 34.1 Å². The molecule has 0 aromatic carbocycles. The number of hydrogen-bond donors (Lipinski definition) is 1. The summed E-state index contributed by atoms with van der Waals surface area (Å²) >= 11 is 6.06. The Kier molecular flexibility index (Phi) is 3.69. The highest BCUT2D eigenvalue weighted by molar-refractivity contribution is 6.33. The van der Waals surface area contributed by atoms with Gasteiger partial charge in [-0.1, -0.05) is 11.6 Å². The SMILES string of the molecule is Cn1ncc(N(CCO)C2CCC2)c(Cl)c1=O. The van der Waals surface area contributed by atoms with Crippen molar-refractivity contribution >= 4 is 17.3 Å². The van der Waals surface area contributed by atoms with Crippen molar-refractivity contribution in [2.75, 3.05) is 18.1 Å². The molecule has 2 rings (SSSR count). The van der Waals surface area contributed by atoms with Gasteiger partial charge in [-0.25, -0.2) is 4.68 Å². The van der Waals surface area contributed by atoms with Crippen LogP contribution in [0.4, 0.5) is 5.69 Å². The van der Waals surface area contributed by atoms with E-state index in [1.165, 1.54) is 11.1 Å². The van der Waals surface area contributed by atoms with Crippen molar-refractivity contribution in [1.29, 1.82) is 0 Å². The zero-order valence-corrected chi connectivity index (χ0v) is 10.5. The molecule has 17 heavy (non-hydrogen) atoms. The Balaban J connectivity index is 2.35. The van der Waals surface area contributed by atoms with E-state index in [1.54, 1.807) is 13.2 Å². The molecule has 0 bridgehead atoms. The van der Waals surface area contributed by atoms with Crippen LogP contribution in [0.25, 0.3) is 0 Å². The molecule has 0 aliphatic heterocycles. The molecule has 0 saturated heterocycles. The first-order chi connectivity index (χ1) is 8.15. The lowest BCUT2D eigenvalue weighted by Crippen LogP contribution is -2.43. The predicted octanol–water partition coefficient (Wildman–Crippen LogP) is 0.785. The Labute approximate surface area is 105 Å². The lowest BCUT2D eigenvalue weighted by molar-refractivity contribution is 0.283. The lowest BCUT2D eigenvalue weighted by atomic mass is 9.91. The highest BCUT2D eigenvalue weighted by Crippen LogP contribution is 2.31. The number of aryl methyl sites for hydroxylation is 1. The maximum absolute atomic E-state index is 11.7. The van der Waals surface area contributed by atoms with Gasteiger partial charge in [-0.15, -0.1) is 0 Å². The molecule has 6 heteroatoms. The summed E-state index contributed by atoms with van der Waals surface area (Å²) in [4.78, 5) is 13.7. The van der Waals surface area contributed by atoms with Crippen LogP contribution in [0.1, 0.15) is 19.3 Å². The summed E-state index contributed by atoms with van der Waals surface area (Å²) in [6.45, 7) is 0.529. The summed E-state index contributed by atoms with van der Waals surface area (Å²) in [5.41, 5.74) is 0.333. The fraction of sp³-hybridized carbons (Fsp3) is 0.636. The second-order valence-corrected chi connectivity index (χ2v) is 4.65. The van der Waals surface area contributed by atoms with E-state index in [0.29, 0.717) is 18.3 Å². The van der Waals surface area contributed by atoms with Gasteiger partial charge in [-0.2, -0.15) is 5.10 Å². The Morgan fingerprint density at radius 2 is 2.35 bits per heavy atom. The molecule has 1 N–H and O–H groups in total. The zero-order valence-electron chi connectivity index (χ0n) is 9.77. The molecule has 0 unspecified atom stereocenters. The summed E-state index contributed by atoms with van der Waals surface area (Å²) in [6.07, 6.45) is 4.93. The minimum atomic E-state index is -0.300. The largest absolute Gasteiger partial charge is 0.395 e. The standard InChI is InChI=1S/C11H16ClN3O2/c1-14-11(17)10(12)9(7-13-14)15(5-6-16)8-3-2-4-8/h7-8,16H,2-6H2,1H3. The Morgan fingerprint density at radius 1 is 1.65 bits per heavy atom. The number of halogens is 1. The third kappa shape index (κ3) is 2.30. The maximum atomic E-state index is 11.7. The highest BCUT2D eigenvalue weighted by Gasteiger charge is 2.27. The maximum Gasteiger partial charge on any atom is 0.287 e. The Bertz CT molecular complexity index is 457. The van der Waals surface area contributed by atoms with Crippen LogP contribution >= 0.6 is 11.6 Å². The van der Waals surface area contributed by atoms with Gasteiger partial charge in [0.15, 0.2) is 0 Å². The van der Waals surface area contributed by atoms with Gasteiger partial charge in [0, 0.05) is 19.6 Å². The topological polar surface area (TPSA) is 58.4 Å². The molecule has 1 aliphatic carbocycles. The molecule has 1 fully saturated rings. The Hall–Kier alpha value is -1.07. The first kappa shape index (κ1) is 12.4. The summed E-state index contributed by atoms with van der Waals surface area (Å²) in [6, 6.07) is 0.369. The van der Waals surface area contributed by atoms with Gasteiger partial charge in [-0.3, -0.25) is 4.79 Å². The monoisotopic (exact) mass is 257 g/mol. The molecular weight excluding hydrogens is 242 g/mol. The van der Waals surface area contributed by atoms with E-state index in [9.17, 15) is 4.79 Å². The zero-order chi connectivity index (χ0) is 12.4. The molecule has 1 aliphatic rings. The molecule has 5 nitrogen and oxygen atoms in total. The first-order valence-electron chi connectivity index (χ1n) is 5.74. The van der Waals surface area contributed by atoms with E-state index in [0.717, 1.165) is 12.8 Å². The average Bonchev–Trinajstić information content (AvgIpc) is 2.23. The fourth-order valence-corrected chi connectivity index (χ4v) is 2.29. The van der Waals surface area contributed by atoms with Gasteiger partial charge in [-0.05, 0) is 19.3 Å². The molecular formula is C11H16ClN3O2. The highest BCUT2D eigenvalue weighted by atomic mass is 35.5. The number of nitrogens with zero attached hydrogens (tertiary/aromatic N) is 3. The Morgan fingerprint density at radius 3 is 2.88 bits per heavy atom. The van der Waals surface area contributed by atoms with Crippen molar-refractivity contribution in [2.24, 2.45) is 7.05 Å². The predicted molar refractivity (Wildman–Crippen MR) is 66.6 cm³/mol. The molecule has 94 valence electrons. The van der Waals surface area contributed by atoms with Crippen LogP contribution in [0.15, 0.2) is 11.0 Å². The van der Waals surface area contributed by atoms with Gasteiger partial charge in [0.2, 0.25) is 0 Å². The average molecular weight is 258 g/mol. The van der Waals surface area contributed by atoms with Gasteiger partial charge in [0.05, 0.1) is 18.5 Å². The first-order valence-corrected chi connectivity index (χ1v) is 6.12. The minimum Gasteiger partial charge on any atom is -0.395 e. The van der Waals surface area contributed by atoms with E-state index < -0.39 is 0 Å². The molecule has 1 saturated carbocycles. The molecule has 1 aromatic heterocycles. The summed E-state index contributed by atoms with van der Waals surface area (Å²) in [5, 5.41) is 13.3. The van der Waals surface area contributed by atoms with E-state index in [2.05, 4.69) is 5.10 Å². The van der Waals surface area contributed by atoms with Gasteiger partial charge in [0.25, 0.3) is 5.56 Å². The number of rotatable bonds is 4. The van der Waals surface area contributed by atoms with Crippen molar-refractivity contribution in [2.45, 2.75) is 25.3 Å². The van der Waals surface area contributed by atoms with Crippen LogP contribution in [0, 0.1) is 0 Å². The number of hydrogen-bond acceptors (Lipinski definition) is 4. The second kappa shape index (κ2) is 5.06. The smallest absolute Gasteiger partial charge is 0.287 e. The lowest BCUT2D eigenvalue weighted by Gasteiger charge is -2.39. The number of aliphatic hydroxyl groups excluding tert-OH is 1. The molecule has 1 aromatic rings. The number of aromatic nitrogens is 2. The fourth-order valence-electron chi connectivity index (χ4n) is 2.01. The van der Waals surface area contributed by atoms with Crippen molar-refractivity contribution < 1.29 is 5.11 Å². The van der Waals surface area contributed by atoms with Crippen molar-refractivity contribution in [3.63, 3.8) is 0 Å². The van der Waals surface area contributed by atoms with Gasteiger partial charge >= 0.3 is 0 Å². The van der Waals surface area contributed by atoms with Crippen LogP contribution in [0.3, 0.4) is 0 Å². The van der Waals surface area contributed by atoms with Crippen LogP contribution in [0.2, 0.25) is 5.02 Å². The normalized spacial score (nSPS) is 15.7. The number of aliphatic hydroxyl groups is 1. The third-order valence-electron chi connectivity index (χ3n) is 3.23. The molecule has 0 atom stereocenters. The summed E-state index contributed by atoms with van der Waals surface area (Å²) in [7, 11) is 1.57. The quantitative estimate of drug-likeness (QED) is 0.866.